The van der Waals surface area contributed by atoms with E-state index in [1.807, 2.05) is 0 Å². The van der Waals surface area contributed by atoms with Gasteiger partial charge in [-0.2, -0.15) is 8.78 Å². The summed E-state index contributed by atoms with van der Waals surface area (Å²) < 4.78 is 34.2. The van der Waals surface area contributed by atoms with Crippen LogP contribution >= 0.6 is 23.2 Å². The van der Waals surface area contributed by atoms with Crippen molar-refractivity contribution in [1.82, 2.24) is 14.9 Å². The number of nitrogens with zero attached hydrogens (tertiary/aromatic N) is 3. The van der Waals surface area contributed by atoms with Crippen LogP contribution in [0.25, 0.3) is 10.9 Å². The monoisotopic (exact) mass is 441 g/mol. The quantitative estimate of drug-likeness (QED) is 0.536. The normalized spacial score (nSPS) is 11.0. The van der Waals surface area contributed by atoms with Crippen molar-refractivity contribution < 1.29 is 23.0 Å². The number of alkyl halides is 2. The minimum atomic E-state index is -2.88. The molecule has 3 aromatic rings. The van der Waals surface area contributed by atoms with Crippen LogP contribution in [0.3, 0.4) is 0 Å². The highest BCUT2D eigenvalue weighted by Crippen LogP contribution is 2.30. The van der Waals surface area contributed by atoms with Crippen molar-refractivity contribution in [2.24, 2.45) is 0 Å². The predicted octanol–water partition coefficient (Wildman–Crippen LogP) is 4.58. The molecule has 1 heterocycles. The lowest BCUT2D eigenvalue weighted by Crippen LogP contribution is -2.31. The molecule has 0 aliphatic carbocycles. The van der Waals surface area contributed by atoms with Crippen molar-refractivity contribution >= 4 is 40.0 Å². The summed E-state index contributed by atoms with van der Waals surface area (Å²) >= 11 is 12.1. The van der Waals surface area contributed by atoms with Gasteiger partial charge in [-0.05, 0) is 29.8 Å². The third-order valence-corrected chi connectivity index (χ3v) is 4.45. The molecule has 0 atom stereocenters. The number of rotatable bonds is 7. The maximum atomic E-state index is 12.4. The van der Waals surface area contributed by atoms with Crippen LogP contribution in [-0.4, -0.2) is 41.0 Å². The molecule has 0 aliphatic heterocycles. The first-order valence-corrected chi connectivity index (χ1v) is 9.09. The lowest BCUT2D eigenvalue weighted by atomic mass is 10.2. The predicted molar refractivity (Wildman–Crippen MR) is 105 cm³/mol. The number of carbonyl (C=O) groups excluding carboxylic acids is 1. The SMILES string of the molecule is CN(Cc1ccc(OC(F)F)cc1)C(=O)COc1ncnc2c(Cl)cc(Cl)cc12. The lowest BCUT2D eigenvalue weighted by Gasteiger charge is -2.18. The van der Waals surface area contributed by atoms with Gasteiger partial charge < -0.3 is 14.4 Å². The average Bonchev–Trinajstić information content (AvgIpc) is 2.67. The first kappa shape index (κ1) is 21.0. The minimum absolute atomic E-state index is 0.0500. The number of benzene rings is 2. The molecule has 6 nitrogen and oxygen atoms in total. The van der Waals surface area contributed by atoms with E-state index in [-0.39, 0.29) is 30.7 Å². The largest absolute Gasteiger partial charge is 0.467 e. The van der Waals surface area contributed by atoms with Crippen LogP contribution in [0.15, 0.2) is 42.7 Å². The minimum Gasteiger partial charge on any atom is -0.467 e. The van der Waals surface area contributed by atoms with Gasteiger partial charge in [0.2, 0.25) is 5.88 Å². The molecule has 0 unspecified atom stereocenters. The zero-order chi connectivity index (χ0) is 21.0. The Morgan fingerprint density at radius 1 is 1.17 bits per heavy atom. The molecule has 0 bridgehead atoms. The van der Waals surface area contributed by atoms with E-state index in [0.717, 1.165) is 5.56 Å². The summed E-state index contributed by atoms with van der Waals surface area (Å²) in [6.07, 6.45) is 1.29. The van der Waals surface area contributed by atoms with Crippen LogP contribution in [0, 0.1) is 0 Å². The Hall–Kier alpha value is -2.71. The van der Waals surface area contributed by atoms with Gasteiger partial charge in [0, 0.05) is 18.6 Å². The Balaban J connectivity index is 1.63. The Morgan fingerprint density at radius 2 is 1.90 bits per heavy atom. The molecular formula is C19H15Cl2F2N3O3. The standard InChI is InChI=1S/C19H15Cl2F2N3O3/c1-26(8-11-2-4-13(5-3-11)29-19(22)23)16(27)9-28-18-14-6-12(20)7-15(21)17(14)24-10-25-18/h2-7,10,19H,8-9H2,1H3. The van der Waals surface area contributed by atoms with Crippen LogP contribution in [0.4, 0.5) is 8.78 Å². The number of carbonyl (C=O) groups is 1. The average molecular weight is 442 g/mol. The molecule has 0 saturated heterocycles. The molecule has 10 heteroatoms. The Morgan fingerprint density at radius 3 is 2.59 bits per heavy atom. The number of aromatic nitrogens is 2. The molecular weight excluding hydrogens is 427 g/mol. The summed E-state index contributed by atoms with van der Waals surface area (Å²) in [7, 11) is 1.60. The van der Waals surface area contributed by atoms with Gasteiger partial charge in [0.1, 0.15) is 12.1 Å². The molecule has 29 heavy (non-hydrogen) atoms. The molecule has 3 rings (SSSR count). The van der Waals surface area contributed by atoms with Crippen molar-refractivity contribution in [3.05, 3.63) is 58.3 Å². The molecule has 0 spiro atoms. The zero-order valence-corrected chi connectivity index (χ0v) is 16.6. The lowest BCUT2D eigenvalue weighted by molar-refractivity contribution is -0.132. The maximum absolute atomic E-state index is 12.4. The second-order valence-corrected chi connectivity index (χ2v) is 6.87. The van der Waals surface area contributed by atoms with Crippen molar-refractivity contribution in [1.29, 1.82) is 0 Å². The first-order chi connectivity index (χ1) is 13.8. The van der Waals surface area contributed by atoms with Gasteiger partial charge in [0.25, 0.3) is 5.91 Å². The van der Waals surface area contributed by atoms with E-state index in [1.165, 1.54) is 23.4 Å². The molecule has 0 fully saturated rings. The topological polar surface area (TPSA) is 64.5 Å². The molecule has 0 aliphatic rings. The van der Waals surface area contributed by atoms with Crippen molar-refractivity contribution in [3.8, 4) is 11.6 Å². The number of hydrogen-bond donors (Lipinski definition) is 0. The third-order valence-electron chi connectivity index (χ3n) is 3.95. The van der Waals surface area contributed by atoms with E-state index in [2.05, 4.69) is 14.7 Å². The fourth-order valence-electron chi connectivity index (χ4n) is 2.56. The number of halogens is 4. The highest BCUT2D eigenvalue weighted by atomic mass is 35.5. The van der Waals surface area contributed by atoms with Crippen LogP contribution in [-0.2, 0) is 11.3 Å². The van der Waals surface area contributed by atoms with E-state index >= 15 is 0 Å². The number of ether oxygens (including phenoxy) is 2. The van der Waals surface area contributed by atoms with E-state index in [9.17, 15) is 13.6 Å². The zero-order valence-electron chi connectivity index (χ0n) is 15.1. The summed E-state index contributed by atoms with van der Waals surface area (Å²) in [5.74, 6) is -0.0681. The summed E-state index contributed by atoms with van der Waals surface area (Å²) in [5, 5.41) is 1.24. The summed E-state index contributed by atoms with van der Waals surface area (Å²) in [6, 6.07) is 9.19. The van der Waals surface area contributed by atoms with Gasteiger partial charge in [-0.15, -0.1) is 0 Å². The second-order valence-electron chi connectivity index (χ2n) is 6.02. The number of fused-ring (bicyclic) bond motifs is 1. The Labute approximate surface area is 175 Å². The van der Waals surface area contributed by atoms with Gasteiger partial charge in [-0.25, -0.2) is 9.97 Å². The number of likely N-dealkylation sites (N-methyl/N-ethyl adjacent to an activating group) is 1. The summed E-state index contributed by atoms with van der Waals surface area (Å²) in [6.45, 7) is -2.89. The highest BCUT2D eigenvalue weighted by molar-refractivity contribution is 6.38. The fourth-order valence-corrected chi connectivity index (χ4v) is 3.10. The van der Waals surface area contributed by atoms with Crippen LogP contribution in [0.1, 0.15) is 5.56 Å². The fraction of sp³-hybridized carbons (Fsp3) is 0.211. The smallest absolute Gasteiger partial charge is 0.387 e. The molecule has 2 aromatic carbocycles. The first-order valence-electron chi connectivity index (χ1n) is 8.33. The second kappa shape index (κ2) is 9.19. The van der Waals surface area contributed by atoms with Gasteiger partial charge in [0.05, 0.1) is 15.9 Å². The molecule has 1 aromatic heterocycles. The van der Waals surface area contributed by atoms with Gasteiger partial charge >= 0.3 is 6.61 Å². The van der Waals surface area contributed by atoms with Crippen LogP contribution in [0.5, 0.6) is 11.6 Å². The molecule has 152 valence electrons. The third kappa shape index (κ3) is 5.42. The molecule has 0 N–H and O–H groups in total. The van der Waals surface area contributed by atoms with E-state index in [4.69, 9.17) is 27.9 Å². The van der Waals surface area contributed by atoms with Gasteiger partial charge in [-0.1, -0.05) is 35.3 Å². The molecule has 1 amide bonds. The van der Waals surface area contributed by atoms with Crippen molar-refractivity contribution in [3.63, 3.8) is 0 Å². The van der Waals surface area contributed by atoms with Gasteiger partial charge in [-0.3, -0.25) is 4.79 Å². The number of amides is 1. The maximum Gasteiger partial charge on any atom is 0.387 e. The molecule has 0 saturated carbocycles. The summed E-state index contributed by atoms with van der Waals surface area (Å²) in [4.78, 5) is 22.0. The highest BCUT2D eigenvalue weighted by Gasteiger charge is 2.14. The van der Waals surface area contributed by atoms with Crippen LogP contribution < -0.4 is 9.47 Å². The summed E-state index contributed by atoms with van der Waals surface area (Å²) in [5.41, 5.74) is 1.21. The van der Waals surface area contributed by atoms with Crippen LogP contribution in [0.2, 0.25) is 10.0 Å². The van der Waals surface area contributed by atoms with Gasteiger partial charge in [0.15, 0.2) is 6.61 Å². The van der Waals surface area contributed by atoms with Crippen molar-refractivity contribution in [2.45, 2.75) is 13.2 Å². The molecule has 0 radical (unpaired) electrons. The van der Waals surface area contributed by atoms with Crippen molar-refractivity contribution in [2.75, 3.05) is 13.7 Å². The Bertz CT molecular complexity index is 1020. The Kier molecular flexibility index (Phi) is 6.66. The number of hydrogen-bond acceptors (Lipinski definition) is 5. The van der Waals surface area contributed by atoms with E-state index in [0.29, 0.717) is 20.9 Å². The van der Waals surface area contributed by atoms with E-state index in [1.54, 1.807) is 31.3 Å². The van der Waals surface area contributed by atoms with E-state index < -0.39 is 6.61 Å².